The fraction of sp³-hybridized carbons (Fsp3) is 1.00. The molecule has 0 aliphatic carbocycles. The van der Waals surface area contributed by atoms with E-state index in [1.807, 2.05) is 0 Å². The highest BCUT2D eigenvalue weighted by Crippen LogP contribution is 2.36. The van der Waals surface area contributed by atoms with Crippen molar-refractivity contribution in [3.05, 3.63) is 0 Å². The zero-order valence-corrected chi connectivity index (χ0v) is 4.63. The van der Waals surface area contributed by atoms with Crippen molar-refractivity contribution in [2.75, 3.05) is 26.3 Å². The van der Waals surface area contributed by atoms with Crippen LogP contribution in [-0.4, -0.2) is 42.0 Å². The van der Waals surface area contributed by atoms with Gasteiger partial charge in [-0.25, -0.2) is 0 Å². The molecule has 2 fully saturated rings. The Labute approximate surface area is 47.9 Å². The maximum absolute atomic E-state index is 8.70. The van der Waals surface area contributed by atoms with Gasteiger partial charge in [0.15, 0.2) is 5.72 Å². The van der Waals surface area contributed by atoms with Gasteiger partial charge in [0.2, 0.25) is 0 Å². The van der Waals surface area contributed by atoms with Gasteiger partial charge in [0, 0.05) is 13.1 Å². The van der Waals surface area contributed by atoms with Gasteiger partial charge in [-0.3, -0.25) is 4.90 Å². The molecule has 0 aromatic carbocycles. The number of aliphatic hydroxyl groups excluding tert-OH is 1. The molecule has 2 aliphatic heterocycles. The molecule has 46 valence electrons. The lowest BCUT2D eigenvalue weighted by Gasteiger charge is -2.03. The summed E-state index contributed by atoms with van der Waals surface area (Å²) in [5.74, 6) is 0. The first-order valence-electron chi connectivity index (χ1n) is 2.87. The molecule has 2 aliphatic rings. The molecule has 0 bridgehead atoms. The molecule has 0 spiro atoms. The van der Waals surface area contributed by atoms with Crippen molar-refractivity contribution in [2.45, 2.75) is 5.72 Å². The van der Waals surface area contributed by atoms with Gasteiger partial charge >= 0.3 is 0 Å². The third-order valence-corrected chi connectivity index (χ3v) is 1.89. The van der Waals surface area contributed by atoms with Crippen molar-refractivity contribution in [3.63, 3.8) is 0 Å². The predicted molar refractivity (Wildman–Crippen MR) is 27.3 cm³/mol. The second-order valence-electron chi connectivity index (χ2n) is 2.37. The second kappa shape index (κ2) is 1.23. The first kappa shape index (κ1) is 4.73. The summed E-state index contributed by atoms with van der Waals surface area (Å²) in [7, 11) is 0. The number of morpholine rings is 1. The highest BCUT2D eigenvalue weighted by atomic mass is 16.6. The molecule has 1 N–H and O–H groups in total. The van der Waals surface area contributed by atoms with Crippen LogP contribution >= 0.6 is 0 Å². The molecule has 2 atom stereocenters. The molecule has 0 aromatic heterocycles. The third-order valence-electron chi connectivity index (χ3n) is 1.89. The molecule has 0 amide bonds. The molecule has 2 saturated heterocycles. The zero-order valence-electron chi connectivity index (χ0n) is 4.63. The number of nitrogens with zero attached hydrogens (tertiary/aromatic N) is 1. The van der Waals surface area contributed by atoms with Gasteiger partial charge in [-0.2, -0.15) is 0 Å². The van der Waals surface area contributed by atoms with Crippen LogP contribution in [0.1, 0.15) is 0 Å². The zero-order chi connectivity index (χ0) is 5.61. The topological polar surface area (TPSA) is 32.5 Å². The van der Waals surface area contributed by atoms with Crippen LogP contribution in [0.3, 0.4) is 0 Å². The van der Waals surface area contributed by atoms with Crippen LogP contribution in [0.4, 0.5) is 0 Å². The van der Waals surface area contributed by atoms with E-state index in [1.54, 1.807) is 0 Å². The summed E-state index contributed by atoms with van der Waals surface area (Å²) in [6.45, 7) is 2.89. The van der Waals surface area contributed by atoms with E-state index >= 15 is 0 Å². The average molecular weight is 115 g/mol. The third kappa shape index (κ3) is 0.393. The van der Waals surface area contributed by atoms with E-state index in [0.29, 0.717) is 0 Å². The Morgan fingerprint density at radius 1 is 1.75 bits per heavy atom. The Bertz CT molecular complexity index is 113. The van der Waals surface area contributed by atoms with E-state index in [1.165, 1.54) is 0 Å². The Kier molecular flexibility index (Phi) is 0.730. The minimum atomic E-state index is -0.208. The van der Waals surface area contributed by atoms with E-state index in [2.05, 4.69) is 4.90 Å². The lowest BCUT2D eigenvalue weighted by atomic mass is 10.4. The highest BCUT2D eigenvalue weighted by Gasteiger charge is 2.56. The number of ether oxygens (including phenoxy) is 1. The van der Waals surface area contributed by atoms with Crippen molar-refractivity contribution in [1.82, 2.24) is 4.90 Å². The summed E-state index contributed by atoms with van der Waals surface area (Å²) >= 11 is 0. The smallest absolute Gasteiger partial charge is 0.158 e. The van der Waals surface area contributed by atoms with Crippen LogP contribution in [0.25, 0.3) is 0 Å². The number of hydrogen-bond acceptors (Lipinski definition) is 3. The lowest BCUT2D eigenvalue weighted by Crippen LogP contribution is -2.19. The first-order valence-corrected chi connectivity index (χ1v) is 2.87. The summed E-state index contributed by atoms with van der Waals surface area (Å²) in [6, 6.07) is 0. The highest BCUT2D eigenvalue weighted by molar-refractivity contribution is 5.02. The first-order chi connectivity index (χ1) is 3.87. The fourth-order valence-corrected chi connectivity index (χ4v) is 1.22. The molecule has 0 saturated carbocycles. The number of aliphatic hydroxyl groups is 1. The second-order valence-corrected chi connectivity index (χ2v) is 2.37. The SMILES string of the molecule is OCC12CN1CCO2. The van der Waals surface area contributed by atoms with Gasteiger partial charge in [0.25, 0.3) is 0 Å². The van der Waals surface area contributed by atoms with Crippen LogP contribution < -0.4 is 0 Å². The monoisotopic (exact) mass is 115 g/mol. The summed E-state index contributed by atoms with van der Waals surface area (Å²) in [6.07, 6.45) is 0. The molecule has 3 nitrogen and oxygen atoms in total. The van der Waals surface area contributed by atoms with Crippen LogP contribution in [0, 0.1) is 0 Å². The van der Waals surface area contributed by atoms with Crippen LogP contribution in [-0.2, 0) is 4.74 Å². The molecular weight excluding hydrogens is 106 g/mol. The van der Waals surface area contributed by atoms with Gasteiger partial charge in [0.05, 0.1) is 13.2 Å². The molecule has 3 heteroatoms. The molecule has 8 heavy (non-hydrogen) atoms. The molecular formula is C5H9NO2. The Morgan fingerprint density at radius 3 is 2.88 bits per heavy atom. The number of rotatable bonds is 1. The van der Waals surface area contributed by atoms with Crippen LogP contribution in [0.2, 0.25) is 0 Å². The maximum atomic E-state index is 8.70. The minimum Gasteiger partial charge on any atom is -0.392 e. The van der Waals surface area contributed by atoms with Crippen LogP contribution in [0.5, 0.6) is 0 Å². The van der Waals surface area contributed by atoms with Crippen molar-refractivity contribution >= 4 is 0 Å². The molecule has 2 unspecified atom stereocenters. The molecule has 0 radical (unpaired) electrons. The predicted octanol–water partition coefficient (Wildman–Crippen LogP) is -0.979. The van der Waals surface area contributed by atoms with E-state index in [4.69, 9.17) is 9.84 Å². The summed E-state index contributed by atoms with van der Waals surface area (Å²) in [4.78, 5) is 2.13. The summed E-state index contributed by atoms with van der Waals surface area (Å²) in [5.41, 5.74) is -0.208. The molecule has 0 aromatic rings. The average Bonchev–Trinajstić information content (AvgIpc) is 2.38. The Balaban J connectivity index is 2.08. The van der Waals surface area contributed by atoms with Gasteiger partial charge in [-0.05, 0) is 0 Å². The lowest BCUT2D eigenvalue weighted by molar-refractivity contribution is 0.0126. The summed E-state index contributed by atoms with van der Waals surface area (Å²) < 4.78 is 5.24. The van der Waals surface area contributed by atoms with Gasteiger partial charge in [0.1, 0.15) is 0 Å². The quantitative estimate of drug-likeness (QED) is 0.446. The van der Waals surface area contributed by atoms with Crippen molar-refractivity contribution < 1.29 is 9.84 Å². The maximum Gasteiger partial charge on any atom is 0.158 e. The number of fused-ring (bicyclic) bond motifs is 1. The van der Waals surface area contributed by atoms with E-state index < -0.39 is 0 Å². The molecule has 2 heterocycles. The van der Waals surface area contributed by atoms with Crippen molar-refractivity contribution in [2.24, 2.45) is 0 Å². The Morgan fingerprint density at radius 2 is 2.62 bits per heavy atom. The molecule has 2 rings (SSSR count). The van der Waals surface area contributed by atoms with E-state index in [-0.39, 0.29) is 12.3 Å². The minimum absolute atomic E-state index is 0.160. The van der Waals surface area contributed by atoms with E-state index in [9.17, 15) is 0 Å². The Hall–Kier alpha value is -0.120. The van der Waals surface area contributed by atoms with Crippen molar-refractivity contribution in [1.29, 1.82) is 0 Å². The van der Waals surface area contributed by atoms with Crippen LogP contribution in [0.15, 0.2) is 0 Å². The fourth-order valence-electron chi connectivity index (χ4n) is 1.22. The number of hydrogen-bond donors (Lipinski definition) is 1. The normalized spacial score (nSPS) is 51.4. The van der Waals surface area contributed by atoms with Crippen molar-refractivity contribution in [3.8, 4) is 0 Å². The standard InChI is InChI=1S/C5H9NO2/c7-4-5-3-6(5)1-2-8-5/h7H,1-4H2. The van der Waals surface area contributed by atoms with Gasteiger partial charge in [-0.15, -0.1) is 0 Å². The largest absolute Gasteiger partial charge is 0.392 e. The van der Waals surface area contributed by atoms with Gasteiger partial charge < -0.3 is 9.84 Å². The van der Waals surface area contributed by atoms with Gasteiger partial charge in [-0.1, -0.05) is 0 Å². The summed E-state index contributed by atoms with van der Waals surface area (Å²) in [5, 5.41) is 8.70. The van der Waals surface area contributed by atoms with E-state index in [0.717, 1.165) is 19.7 Å².